The average Bonchev–Trinajstić information content (AvgIpc) is 2.82. The Balaban J connectivity index is 1.85. The normalized spacial score (nSPS) is 22.2. The monoisotopic (exact) mass is 277 g/mol. The minimum atomic E-state index is -0.408. The summed E-state index contributed by atoms with van der Waals surface area (Å²) in [6.45, 7) is 1.91. The first-order valence-electron chi connectivity index (χ1n) is 6.96. The smallest absolute Gasteiger partial charge is 0.237 e. The van der Waals surface area contributed by atoms with Crippen LogP contribution < -0.4 is 10.6 Å². The van der Waals surface area contributed by atoms with Gasteiger partial charge in [0.1, 0.15) is 0 Å². The third kappa shape index (κ3) is 4.30. The maximum atomic E-state index is 11.9. The van der Waals surface area contributed by atoms with Crippen molar-refractivity contribution in [3.8, 4) is 0 Å². The number of hydrogen-bond donors (Lipinski definition) is 3. The molecule has 1 aromatic rings. The third-order valence-corrected chi connectivity index (χ3v) is 3.38. The highest BCUT2D eigenvalue weighted by Gasteiger charge is 2.27. The van der Waals surface area contributed by atoms with E-state index in [1.165, 1.54) is 5.56 Å². The Morgan fingerprint density at radius 2 is 2.20 bits per heavy atom. The zero-order valence-electron chi connectivity index (χ0n) is 12.1. The highest BCUT2D eigenvalue weighted by atomic mass is 16.3. The Hall–Kier alpha value is -1.43. The van der Waals surface area contributed by atoms with E-state index in [-0.39, 0.29) is 11.9 Å². The molecule has 0 aromatic heterocycles. The molecule has 2 unspecified atom stereocenters. The Kier molecular flexibility index (Phi) is 5.11. The van der Waals surface area contributed by atoms with Gasteiger partial charge in [0.25, 0.3) is 0 Å². The lowest BCUT2D eigenvalue weighted by Gasteiger charge is -2.13. The number of β-amino-alcohol motifs (C(OH)–C–C–N with tert-alkyl or cyclic N) is 1. The summed E-state index contributed by atoms with van der Waals surface area (Å²) in [5, 5.41) is 15.3. The second kappa shape index (κ2) is 6.83. The minimum absolute atomic E-state index is 0.0421. The van der Waals surface area contributed by atoms with Crippen molar-refractivity contribution in [2.45, 2.75) is 31.7 Å². The first-order valence-corrected chi connectivity index (χ1v) is 6.96. The van der Waals surface area contributed by atoms with Crippen LogP contribution in [0.2, 0.25) is 0 Å². The summed E-state index contributed by atoms with van der Waals surface area (Å²) in [6, 6.07) is 7.95. The Bertz CT molecular complexity index is 462. The number of rotatable bonds is 5. The van der Waals surface area contributed by atoms with Crippen molar-refractivity contribution in [2.75, 3.05) is 20.6 Å². The van der Waals surface area contributed by atoms with Crippen molar-refractivity contribution in [1.29, 1.82) is 0 Å². The zero-order chi connectivity index (χ0) is 14.5. The van der Waals surface area contributed by atoms with Gasteiger partial charge in [0, 0.05) is 19.6 Å². The average molecular weight is 277 g/mol. The van der Waals surface area contributed by atoms with Gasteiger partial charge in [0.2, 0.25) is 5.91 Å². The van der Waals surface area contributed by atoms with Gasteiger partial charge in [0.05, 0.1) is 12.1 Å². The molecule has 1 aliphatic heterocycles. The molecule has 1 aromatic carbocycles. The summed E-state index contributed by atoms with van der Waals surface area (Å²) in [6.07, 6.45) is 0.0844. The minimum Gasteiger partial charge on any atom is -0.392 e. The molecule has 2 atom stereocenters. The van der Waals surface area contributed by atoms with Gasteiger partial charge in [-0.3, -0.25) is 4.79 Å². The summed E-state index contributed by atoms with van der Waals surface area (Å²) in [4.78, 5) is 14.0. The molecule has 20 heavy (non-hydrogen) atoms. The summed E-state index contributed by atoms with van der Waals surface area (Å²) in [5.74, 6) is -0.0421. The molecule has 5 nitrogen and oxygen atoms in total. The van der Waals surface area contributed by atoms with Crippen LogP contribution in [0.5, 0.6) is 0 Å². The maximum Gasteiger partial charge on any atom is 0.237 e. The van der Waals surface area contributed by atoms with Gasteiger partial charge in [0.15, 0.2) is 0 Å². The van der Waals surface area contributed by atoms with E-state index in [0.29, 0.717) is 19.5 Å². The van der Waals surface area contributed by atoms with E-state index in [1.54, 1.807) is 0 Å². The Morgan fingerprint density at radius 1 is 1.45 bits per heavy atom. The summed E-state index contributed by atoms with van der Waals surface area (Å²) in [5.41, 5.74) is 2.33. The predicted molar refractivity (Wildman–Crippen MR) is 78.1 cm³/mol. The van der Waals surface area contributed by atoms with E-state index in [4.69, 9.17) is 0 Å². The zero-order valence-corrected chi connectivity index (χ0v) is 12.1. The van der Waals surface area contributed by atoms with Crippen LogP contribution in [0.25, 0.3) is 0 Å². The van der Waals surface area contributed by atoms with Gasteiger partial charge in [-0.1, -0.05) is 24.3 Å². The number of aliphatic hydroxyl groups excluding tert-OH is 1. The molecule has 0 radical (unpaired) electrons. The van der Waals surface area contributed by atoms with Crippen LogP contribution >= 0.6 is 0 Å². The Morgan fingerprint density at radius 3 is 2.85 bits per heavy atom. The number of amides is 1. The number of nitrogens with one attached hydrogen (secondary N) is 2. The van der Waals surface area contributed by atoms with Gasteiger partial charge in [-0.2, -0.15) is 0 Å². The molecule has 1 aliphatic rings. The van der Waals surface area contributed by atoms with Crippen LogP contribution in [0, 0.1) is 0 Å². The standard InChI is InChI=1S/C15H23N3O2/c1-18(2)10-12-5-3-4-11(6-12)8-17-15(20)14-7-13(19)9-16-14/h3-6,13-14,16,19H,7-10H2,1-2H3,(H,17,20). The number of aliphatic hydroxyl groups is 1. The van der Waals surface area contributed by atoms with Gasteiger partial charge < -0.3 is 20.6 Å². The van der Waals surface area contributed by atoms with E-state index >= 15 is 0 Å². The quantitative estimate of drug-likeness (QED) is 0.713. The van der Waals surface area contributed by atoms with Gasteiger partial charge >= 0.3 is 0 Å². The number of hydrogen-bond acceptors (Lipinski definition) is 4. The molecule has 0 saturated carbocycles. The van der Waals surface area contributed by atoms with Crippen molar-refractivity contribution in [3.63, 3.8) is 0 Å². The SMILES string of the molecule is CN(C)Cc1cccc(CNC(=O)C2CC(O)CN2)c1. The molecule has 3 N–H and O–H groups in total. The van der Waals surface area contributed by atoms with Gasteiger partial charge in [-0.15, -0.1) is 0 Å². The fourth-order valence-corrected chi connectivity index (χ4v) is 2.43. The first-order chi connectivity index (χ1) is 9.54. The van der Waals surface area contributed by atoms with Crippen LogP contribution in [0.1, 0.15) is 17.5 Å². The number of benzene rings is 1. The lowest BCUT2D eigenvalue weighted by molar-refractivity contribution is -0.123. The molecule has 0 aliphatic carbocycles. The van der Waals surface area contributed by atoms with Crippen LogP contribution in [0.4, 0.5) is 0 Å². The van der Waals surface area contributed by atoms with E-state index < -0.39 is 6.10 Å². The highest BCUT2D eigenvalue weighted by molar-refractivity contribution is 5.82. The van der Waals surface area contributed by atoms with E-state index in [2.05, 4.69) is 27.7 Å². The van der Waals surface area contributed by atoms with Crippen molar-refractivity contribution < 1.29 is 9.90 Å². The summed E-state index contributed by atoms with van der Waals surface area (Å²) >= 11 is 0. The maximum absolute atomic E-state index is 11.9. The third-order valence-electron chi connectivity index (χ3n) is 3.38. The molecule has 1 amide bonds. The Labute approximate surface area is 120 Å². The fraction of sp³-hybridized carbons (Fsp3) is 0.533. The van der Waals surface area contributed by atoms with Crippen molar-refractivity contribution in [3.05, 3.63) is 35.4 Å². The van der Waals surface area contributed by atoms with Gasteiger partial charge in [-0.05, 0) is 31.6 Å². The molecule has 0 spiro atoms. The predicted octanol–water partition coefficient (Wildman–Crippen LogP) is 0.0872. The molecular weight excluding hydrogens is 254 g/mol. The van der Waals surface area contributed by atoms with E-state index in [0.717, 1.165) is 12.1 Å². The highest BCUT2D eigenvalue weighted by Crippen LogP contribution is 2.09. The van der Waals surface area contributed by atoms with Crippen molar-refractivity contribution in [1.82, 2.24) is 15.5 Å². The largest absolute Gasteiger partial charge is 0.392 e. The van der Waals surface area contributed by atoms with Crippen LogP contribution in [-0.4, -0.2) is 48.7 Å². The second-order valence-corrected chi connectivity index (χ2v) is 5.63. The van der Waals surface area contributed by atoms with E-state index in [9.17, 15) is 9.90 Å². The van der Waals surface area contributed by atoms with Crippen LogP contribution in [0.3, 0.4) is 0 Å². The molecule has 110 valence electrons. The number of carbonyl (C=O) groups excluding carboxylic acids is 1. The molecule has 1 fully saturated rings. The lowest BCUT2D eigenvalue weighted by Crippen LogP contribution is -2.40. The molecule has 2 rings (SSSR count). The van der Waals surface area contributed by atoms with Gasteiger partial charge in [-0.25, -0.2) is 0 Å². The molecular formula is C15H23N3O2. The fourth-order valence-electron chi connectivity index (χ4n) is 2.43. The summed E-state index contributed by atoms with van der Waals surface area (Å²) in [7, 11) is 4.07. The lowest BCUT2D eigenvalue weighted by atomic mass is 10.1. The first kappa shape index (κ1) is 15.0. The van der Waals surface area contributed by atoms with Crippen molar-refractivity contribution >= 4 is 5.91 Å². The number of nitrogens with zero attached hydrogens (tertiary/aromatic N) is 1. The van der Waals surface area contributed by atoms with E-state index in [1.807, 2.05) is 26.2 Å². The molecule has 5 heteroatoms. The van der Waals surface area contributed by atoms with Crippen LogP contribution in [-0.2, 0) is 17.9 Å². The summed E-state index contributed by atoms with van der Waals surface area (Å²) < 4.78 is 0. The second-order valence-electron chi connectivity index (χ2n) is 5.63. The molecule has 0 bridgehead atoms. The molecule has 1 heterocycles. The topological polar surface area (TPSA) is 64.6 Å². The number of carbonyl (C=O) groups is 1. The molecule has 1 saturated heterocycles. The van der Waals surface area contributed by atoms with Crippen molar-refractivity contribution in [2.24, 2.45) is 0 Å². The van der Waals surface area contributed by atoms with Crippen LogP contribution in [0.15, 0.2) is 24.3 Å².